The van der Waals surface area contributed by atoms with Gasteiger partial charge in [-0.2, -0.15) is 5.10 Å². The molecule has 0 unspecified atom stereocenters. The second-order valence-corrected chi connectivity index (χ2v) is 12.6. The predicted octanol–water partition coefficient (Wildman–Crippen LogP) is 3.49. The highest BCUT2D eigenvalue weighted by atomic mass is 32.2. The molecule has 0 bridgehead atoms. The Labute approximate surface area is 212 Å². The molecular weight excluding hydrogens is 474 g/mol. The van der Waals surface area contributed by atoms with Crippen molar-refractivity contribution in [1.29, 1.82) is 0 Å². The summed E-state index contributed by atoms with van der Waals surface area (Å²) in [5.74, 6) is 1.53. The first kappa shape index (κ1) is 24.7. The van der Waals surface area contributed by atoms with Crippen molar-refractivity contribution in [3.05, 3.63) is 41.0 Å². The minimum Gasteiger partial charge on any atom is -0.354 e. The average Bonchev–Trinajstić information content (AvgIpc) is 3.45. The normalized spacial score (nSPS) is 15.6. The van der Waals surface area contributed by atoms with Gasteiger partial charge in [-0.3, -0.25) is 4.90 Å². The summed E-state index contributed by atoms with van der Waals surface area (Å²) < 4.78 is 25.0. The third-order valence-electron chi connectivity index (χ3n) is 7.52. The van der Waals surface area contributed by atoms with E-state index >= 15 is 0 Å². The molecule has 0 aliphatic carbocycles. The Kier molecular flexibility index (Phi) is 6.28. The van der Waals surface area contributed by atoms with E-state index in [0.717, 1.165) is 60.0 Å². The standard InChI is InChI=1S/C26H35N7O2S/c1-16(2)22-23-19(5)25(32-9-7-31(8-10-32)11-12-36(6,34)35)27-13-21(23)30-24(22)20-14-33-26(28-15-29-33)18(4)17(20)3/h13-16,30H,7-12H2,1-6H3. The van der Waals surface area contributed by atoms with Crippen molar-refractivity contribution >= 4 is 32.2 Å². The first-order chi connectivity index (χ1) is 17.0. The van der Waals surface area contributed by atoms with E-state index in [-0.39, 0.29) is 5.75 Å². The van der Waals surface area contributed by atoms with Crippen LogP contribution in [-0.4, -0.2) is 82.6 Å². The van der Waals surface area contributed by atoms with Crippen molar-refractivity contribution in [3.63, 3.8) is 0 Å². The predicted molar refractivity (Wildman–Crippen MR) is 145 cm³/mol. The summed E-state index contributed by atoms with van der Waals surface area (Å²) in [5, 5.41) is 5.63. The van der Waals surface area contributed by atoms with Gasteiger partial charge in [-0.25, -0.2) is 22.9 Å². The van der Waals surface area contributed by atoms with Crippen LogP contribution in [0.1, 0.15) is 42.0 Å². The maximum atomic E-state index is 11.6. The van der Waals surface area contributed by atoms with Crippen LogP contribution in [0.3, 0.4) is 0 Å². The summed E-state index contributed by atoms with van der Waals surface area (Å²) in [6, 6.07) is 0. The van der Waals surface area contributed by atoms with Crippen LogP contribution in [0.15, 0.2) is 18.7 Å². The zero-order valence-corrected chi connectivity index (χ0v) is 22.8. The van der Waals surface area contributed by atoms with Gasteiger partial charge in [-0.15, -0.1) is 0 Å². The van der Waals surface area contributed by atoms with Crippen LogP contribution >= 0.6 is 0 Å². The van der Waals surface area contributed by atoms with Gasteiger partial charge in [0.05, 0.1) is 23.2 Å². The minimum atomic E-state index is -2.95. The topological polar surface area (TPSA) is 99.5 Å². The Hall–Kier alpha value is -2.98. The molecule has 1 aliphatic rings. The minimum absolute atomic E-state index is 0.208. The lowest BCUT2D eigenvalue weighted by Crippen LogP contribution is -2.48. The lowest BCUT2D eigenvalue weighted by atomic mass is 9.92. The van der Waals surface area contributed by atoms with E-state index in [1.807, 2.05) is 10.7 Å². The number of sulfone groups is 1. The van der Waals surface area contributed by atoms with Crippen molar-refractivity contribution < 1.29 is 8.42 Å². The van der Waals surface area contributed by atoms with Gasteiger partial charge < -0.3 is 9.88 Å². The second kappa shape index (κ2) is 9.15. The Balaban J connectivity index is 1.53. The molecule has 10 heteroatoms. The number of nitrogens with one attached hydrogen (secondary N) is 1. The number of hydrogen-bond acceptors (Lipinski definition) is 7. The summed E-state index contributed by atoms with van der Waals surface area (Å²) in [7, 11) is -2.95. The first-order valence-corrected chi connectivity index (χ1v) is 14.6. The SMILES string of the molecule is Cc1c(-c2[nH]c3cnc(N4CCN(CCS(C)(=O)=O)CC4)c(C)c3c2C(C)C)cn2ncnc2c1C. The lowest BCUT2D eigenvalue weighted by Gasteiger charge is -2.36. The summed E-state index contributed by atoms with van der Waals surface area (Å²) in [6.45, 7) is 14.8. The number of nitrogens with zero attached hydrogens (tertiary/aromatic N) is 6. The van der Waals surface area contributed by atoms with E-state index in [1.54, 1.807) is 6.33 Å². The number of H-pyrrole nitrogens is 1. The number of pyridine rings is 2. The van der Waals surface area contributed by atoms with Crippen molar-refractivity contribution in [1.82, 2.24) is 29.5 Å². The largest absolute Gasteiger partial charge is 0.354 e. The van der Waals surface area contributed by atoms with Crippen molar-refractivity contribution in [2.75, 3.05) is 49.6 Å². The highest BCUT2D eigenvalue weighted by molar-refractivity contribution is 7.90. The quantitative estimate of drug-likeness (QED) is 0.425. The van der Waals surface area contributed by atoms with Gasteiger partial charge in [0.2, 0.25) is 0 Å². The number of piperazine rings is 1. The molecule has 36 heavy (non-hydrogen) atoms. The van der Waals surface area contributed by atoms with Gasteiger partial charge in [0.15, 0.2) is 5.65 Å². The van der Waals surface area contributed by atoms with Crippen molar-refractivity contribution in [2.24, 2.45) is 0 Å². The summed E-state index contributed by atoms with van der Waals surface area (Å²) in [4.78, 5) is 17.5. The number of fused-ring (bicyclic) bond motifs is 2. The first-order valence-electron chi connectivity index (χ1n) is 12.5. The average molecular weight is 510 g/mol. The third-order valence-corrected chi connectivity index (χ3v) is 8.44. The van der Waals surface area contributed by atoms with Crippen LogP contribution in [0.4, 0.5) is 5.82 Å². The Bertz CT molecular complexity index is 1540. The molecule has 0 aromatic carbocycles. The molecule has 1 fully saturated rings. The number of aromatic nitrogens is 5. The van der Waals surface area contributed by atoms with Crippen LogP contribution in [0.5, 0.6) is 0 Å². The van der Waals surface area contributed by atoms with Crippen LogP contribution in [-0.2, 0) is 9.84 Å². The second-order valence-electron chi connectivity index (χ2n) is 10.3. The molecule has 192 valence electrons. The van der Waals surface area contributed by atoms with E-state index in [4.69, 9.17) is 4.98 Å². The Morgan fingerprint density at radius 2 is 1.75 bits per heavy atom. The number of anilines is 1. The van der Waals surface area contributed by atoms with Gasteiger partial charge in [0.1, 0.15) is 22.0 Å². The smallest absolute Gasteiger partial charge is 0.158 e. The van der Waals surface area contributed by atoms with Gasteiger partial charge in [-0.1, -0.05) is 13.8 Å². The molecule has 1 aliphatic heterocycles. The number of hydrogen-bond donors (Lipinski definition) is 1. The van der Waals surface area contributed by atoms with Crippen LogP contribution in [0.25, 0.3) is 27.8 Å². The fourth-order valence-corrected chi connectivity index (χ4v) is 6.00. The summed E-state index contributed by atoms with van der Waals surface area (Å²) >= 11 is 0. The molecule has 0 amide bonds. The van der Waals surface area contributed by atoms with Crippen LogP contribution in [0.2, 0.25) is 0 Å². The zero-order valence-electron chi connectivity index (χ0n) is 22.0. The number of aryl methyl sites for hydroxylation is 2. The van der Waals surface area contributed by atoms with E-state index < -0.39 is 9.84 Å². The molecule has 0 saturated carbocycles. The fourth-order valence-electron chi connectivity index (χ4n) is 5.41. The van der Waals surface area contributed by atoms with Gasteiger partial charge in [-0.05, 0) is 43.4 Å². The van der Waals surface area contributed by atoms with E-state index in [2.05, 4.69) is 65.7 Å². The highest BCUT2D eigenvalue weighted by Gasteiger charge is 2.25. The monoisotopic (exact) mass is 509 g/mol. The highest BCUT2D eigenvalue weighted by Crippen LogP contribution is 2.40. The van der Waals surface area contributed by atoms with E-state index in [0.29, 0.717) is 12.5 Å². The van der Waals surface area contributed by atoms with Gasteiger partial charge >= 0.3 is 0 Å². The zero-order chi connectivity index (χ0) is 25.8. The summed E-state index contributed by atoms with van der Waals surface area (Å²) in [5.41, 5.74) is 8.96. The molecule has 0 spiro atoms. The third kappa shape index (κ3) is 4.37. The fraction of sp³-hybridized carbons (Fsp3) is 0.500. The van der Waals surface area contributed by atoms with E-state index in [9.17, 15) is 8.42 Å². The molecule has 5 rings (SSSR count). The van der Waals surface area contributed by atoms with Crippen molar-refractivity contribution in [3.8, 4) is 11.3 Å². The Morgan fingerprint density at radius 3 is 2.42 bits per heavy atom. The van der Waals surface area contributed by atoms with Gasteiger partial charge in [0, 0.05) is 61.7 Å². The maximum Gasteiger partial charge on any atom is 0.158 e. The van der Waals surface area contributed by atoms with Crippen LogP contribution in [0, 0.1) is 20.8 Å². The number of rotatable bonds is 6. The molecule has 0 radical (unpaired) electrons. The number of aromatic amines is 1. The van der Waals surface area contributed by atoms with Gasteiger partial charge in [0.25, 0.3) is 0 Å². The molecule has 4 aromatic heterocycles. The molecule has 9 nitrogen and oxygen atoms in total. The Morgan fingerprint density at radius 1 is 1.03 bits per heavy atom. The summed E-state index contributed by atoms with van der Waals surface area (Å²) in [6.07, 6.45) is 6.93. The molecular formula is C26H35N7O2S. The molecule has 5 heterocycles. The molecule has 1 N–H and O–H groups in total. The molecule has 1 saturated heterocycles. The lowest BCUT2D eigenvalue weighted by molar-refractivity contribution is 0.271. The molecule has 0 atom stereocenters. The van der Waals surface area contributed by atoms with Crippen LogP contribution < -0.4 is 4.90 Å². The van der Waals surface area contributed by atoms with Crippen molar-refractivity contribution in [2.45, 2.75) is 40.5 Å². The molecule has 4 aromatic rings. The maximum absolute atomic E-state index is 11.6. The van der Waals surface area contributed by atoms with E-state index in [1.165, 1.54) is 28.3 Å².